The van der Waals surface area contributed by atoms with Crippen LogP contribution < -0.4 is 0 Å². The maximum absolute atomic E-state index is 13.8. The van der Waals surface area contributed by atoms with Gasteiger partial charge in [0.15, 0.2) is 11.6 Å². The Morgan fingerprint density at radius 3 is 2.55 bits per heavy atom. The minimum atomic E-state index is -0.554. The first kappa shape index (κ1) is 14.4. The van der Waals surface area contributed by atoms with E-state index >= 15 is 0 Å². The van der Waals surface area contributed by atoms with Crippen molar-refractivity contribution in [3.05, 3.63) is 65.7 Å². The van der Waals surface area contributed by atoms with Crippen LogP contribution in [0.3, 0.4) is 0 Å². The monoisotopic (exact) mass is 271 g/mol. The number of carbonyl (C=O) groups excluding carboxylic acids is 1. The Morgan fingerprint density at radius 1 is 1.25 bits per heavy atom. The van der Waals surface area contributed by atoms with Gasteiger partial charge in [0.2, 0.25) is 0 Å². The second-order valence-corrected chi connectivity index (χ2v) is 4.99. The number of nitrogens with zero attached hydrogens (tertiary/aromatic N) is 1. The van der Waals surface area contributed by atoms with E-state index in [0.717, 1.165) is 18.2 Å². The van der Waals surface area contributed by atoms with Crippen molar-refractivity contribution < 1.29 is 9.18 Å². The third-order valence-corrected chi connectivity index (χ3v) is 3.69. The Morgan fingerprint density at radius 2 is 1.95 bits per heavy atom. The Balaban J connectivity index is 2.43. The van der Waals surface area contributed by atoms with Crippen molar-refractivity contribution in [2.75, 3.05) is 0 Å². The van der Waals surface area contributed by atoms with Crippen LogP contribution in [-0.2, 0) is 0 Å². The molecule has 0 N–H and O–H groups in total. The van der Waals surface area contributed by atoms with Crippen molar-refractivity contribution in [2.45, 2.75) is 26.2 Å². The van der Waals surface area contributed by atoms with Gasteiger partial charge >= 0.3 is 0 Å². The highest BCUT2D eigenvalue weighted by Gasteiger charge is 2.28. The van der Waals surface area contributed by atoms with Gasteiger partial charge < -0.3 is 0 Å². The molecule has 104 valence electrons. The van der Waals surface area contributed by atoms with Gasteiger partial charge in [-0.25, -0.2) is 4.39 Å². The molecule has 2 aromatic rings. The number of hydrogen-bond donors (Lipinski definition) is 0. The van der Waals surface area contributed by atoms with E-state index < -0.39 is 5.82 Å². The Labute approximate surface area is 118 Å². The fourth-order valence-electron chi connectivity index (χ4n) is 2.38. The number of ketones is 1. The molecular formula is C17H18FNO. The fraction of sp³-hybridized carbons (Fsp3) is 0.294. The topological polar surface area (TPSA) is 30.0 Å². The predicted octanol–water partition coefficient (Wildman–Crippen LogP) is 4.23. The third kappa shape index (κ3) is 2.93. The lowest BCUT2D eigenvalue weighted by Crippen LogP contribution is -2.21. The molecule has 0 radical (unpaired) electrons. The average Bonchev–Trinajstić information content (AvgIpc) is 2.48. The molecule has 0 fully saturated rings. The number of hydrogen-bond acceptors (Lipinski definition) is 2. The van der Waals surface area contributed by atoms with E-state index in [-0.39, 0.29) is 23.2 Å². The molecule has 0 saturated heterocycles. The number of pyridine rings is 1. The maximum Gasteiger partial charge on any atom is 0.173 e. The molecule has 0 aliphatic carbocycles. The van der Waals surface area contributed by atoms with Crippen LogP contribution in [0.1, 0.15) is 42.1 Å². The summed E-state index contributed by atoms with van der Waals surface area (Å²) in [4.78, 5) is 16.4. The molecule has 2 rings (SSSR count). The molecule has 1 heterocycles. The van der Waals surface area contributed by atoms with Gasteiger partial charge in [0.25, 0.3) is 0 Å². The van der Waals surface area contributed by atoms with E-state index in [1.165, 1.54) is 12.3 Å². The second kappa shape index (κ2) is 6.42. The van der Waals surface area contributed by atoms with E-state index in [2.05, 4.69) is 4.98 Å². The van der Waals surface area contributed by atoms with Crippen LogP contribution in [0.5, 0.6) is 0 Å². The average molecular weight is 271 g/mol. The van der Waals surface area contributed by atoms with Crippen LogP contribution in [0.2, 0.25) is 0 Å². The summed E-state index contributed by atoms with van der Waals surface area (Å²) >= 11 is 0. The summed E-state index contributed by atoms with van der Waals surface area (Å²) in [7, 11) is 0. The quantitative estimate of drug-likeness (QED) is 0.762. The lowest BCUT2D eigenvalue weighted by molar-refractivity contribution is 0.0928. The van der Waals surface area contributed by atoms with Crippen molar-refractivity contribution in [1.82, 2.24) is 4.98 Å². The second-order valence-electron chi connectivity index (χ2n) is 4.99. The zero-order valence-corrected chi connectivity index (χ0v) is 11.7. The molecule has 20 heavy (non-hydrogen) atoms. The molecule has 0 aliphatic heterocycles. The first-order valence-electron chi connectivity index (χ1n) is 6.83. The van der Waals surface area contributed by atoms with Crippen LogP contribution in [0.15, 0.2) is 48.8 Å². The number of Topliss-reactive ketones (excluding diaryl/α,β-unsaturated/α-hetero) is 1. The SMILES string of the molecule is CCC(C)C(C(=O)c1ccncc1F)c1ccccc1. The number of carbonyl (C=O) groups is 1. The highest BCUT2D eigenvalue weighted by atomic mass is 19.1. The van der Waals surface area contributed by atoms with Crippen LogP contribution in [0, 0.1) is 11.7 Å². The van der Waals surface area contributed by atoms with Gasteiger partial charge in [-0.3, -0.25) is 9.78 Å². The van der Waals surface area contributed by atoms with Crippen molar-refractivity contribution >= 4 is 5.78 Å². The Hall–Kier alpha value is -2.03. The Kier molecular flexibility index (Phi) is 4.61. The van der Waals surface area contributed by atoms with E-state index in [1.54, 1.807) is 0 Å². The van der Waals surface area contributed by atoms with E-state index in [0.29, 0.717) is 0 Å². The highest BCUT2D eigenvalue weighted by molar-refractivity contribution is 6.01. The van der Waals surface area contributed by atoms with Gasteiger partial charge in [0.05, 0.1) is 17.7 Å². The predicted molar refractivity (Wildman–Crippen MR) is 77.2 cm³/mol. The lowest BCUT2D eigenvalue weighted by atomic mass is 9.80. The number of rotatable bonds is 5. The van der Waals surface area contributed by atoms with Gasteiger partial charge in [-0.15, -0.1) is 0 Å². The summed E-state index contributed by atoms with van der Waals surface area (Å²) in [5, 5.41) is 0. The van der Waals surface area contributed by atoms with Crippen molar-refractivity contribution in [1.29, 1.82) is 0 Å². The largest absolute Gasteiger partial charge is 0.293 e. The summed E-state index contributed by atoms with van der Waals surface area (Å²) in [5.41, 5.74) is 1.05. The minimum Gasteiger partial charge on any atom is -0.293 e. The Bertz CT molecular complexity index is 583. The van der Waals surface area contributed by atoms with Crippen LogP contribution in [0.25, 0.3) is 0 Å². The minimum absolute atomic E-state index is 0.120. The molecule has 0 amide bonds. The van der Waals surface area contributed by atoms with E-state index in [9.17, 15) is 9.18 Å². The summed E-state index contributed by atoms with van der Waals surface area (Å²) < 4.78 is 13.8. The van der Waals surface area contributed by atoms with Crippen LogP contribution in [0.4, 0.5) is 4.39 Å². The van der Waals surface area contributed by atoms with Crippen LogP contribution >= 0.6 is 0 Å². The van der Waals surface area contributed by atoms with Gasteiger partial charge in [0.1, 0.15) is 0 Å². The molecule has 3 heteroatoms. The van der Waals surface area contributed by atoms with Gasteiger partial charge in [0, 0.05) is 6.20 Å². The normalized spacial score (nSPS) is 13.8. The third-order valence-electron chi connectivity index (χ3n) is 3.69. The molecule has 2 nitrogen and oxygen atoms in total. The molecule has 1 aromatic heterocycles. The first-order valence-corrected chi connectivity index (χ1v) is 6.83. The molecule has 1 aromatic carbocycles. The molecule has 2 atom stereocenters. The summed E-state index contributed by atoms with van der Waals surface area (Å²) in [6.45, 7) is 4.06. The molecule has 0 saturated carbocycles. The number of aromatic nitrogens is 1. The van der Waals surface area contributed by atoms with Gasteiger partial charge in [-0.1, -0.05) is 50.6 Å². The number of halogens is 1. The summed E-state index contributed by atoms with van der Waals surface area (Å²) in [5.74, 6) is -0.900. The standard InChI is InChI=1S/C17H18FNO/c1-3-12(2)16(13-7-5-4-6-8-13)17(20)14-9-10-19-11-15(14)18/h4-12,16H,3H2,1-2H3. The summed E-state index contributed by atoms with van der Waals surface area (Å²) in [6, 6.07) is 11.0. The molecule has 2 unspecified atom stereocenters. The zero-order valence-electron chi connectivity index (χ0n) is 11.7. The smallest absolute Gasteiger partial charge is 0.173 e. The van der Waals surface area contributed by atoms with Crippen molar-refractivity contribution in [2.24, 2.45) is 5.92 Å². The van der Waals surface area contributed by atoms with Gasteiger partial charge in [-0.05, 0) is 17.5 Å². The van der Waals surface area contributed by atoms with Crippen molar-refractivity contribution in [3.63, 3.8) is 0 Å². The van der Waals surface area contributed by atoms with E-state index in [1.807, 2.05) is 44.2 Å². The highest BCUT2D eigenvalue weighted by Crippen LogP contribution is 2.31. The fourth-order valence-corrected chi connectivity index (χ4v) is 2.38. The lowest BCUT2D eigenvalue weighted by Gasteiger charge is -2.22. The molecular weight excluding hydrogens is 253 g/mol. The molecule has 0 bridgehead atoms. The summed E-state index contributed by atoms with van der Waals surface area (Å²) in [6.07, 6.45) is 3.40. The first-order chi connectivity index (χ1) is 9.65. The number of benzene rings is 1. The van der Waals surface area contributed by atoms with Crippen LogP contribution in [-0.4, -0.2) is 10.8 Å². The van der Waals surface area contributed by atoms with E-state index in [4.69, 9.17) is 0 Å². The molecule has 0 spiro atoms. The zero-order chi connectivity index (χ0) is 14.5. The van der Waals surface area contributed by atoms with Gasteiger partial charge in [-0.2, -0.15) is 0 Å². The maximum atomic E-state index is 13.8. The van der Waals surface area contributed by atoms with Crippen molar-refractivity contribution in [3.8, 4) is 0 Å². The molecule has 0 aliphatic rings.